The van der Waals surface area contributed by atoms with Crippen LogP contribution >= 0.6 is 0 Å². The van der Waals surface area contributed by atoms with Gasteiger partial charge in [-0.05, 0) is 77.9 Å². The molecule has 47 heavy (non-hydrogen) atoms. The Hall–Kier alpha value is -5.91. The van der Waals surface area contributed by atoms with Gasteiger partial charge in [-0.3, -0.25) is 0 Å². The maximum Gasteiger partial charge on any atom is 0.207 e. The third kappa shape index (κ3) is 3.14. The first-order chi connectivity index (χ1) is 23.1. The topological polar surface area (TPSA) is 43.5 Å². The van der Waals surface area contributed by atoms with Gasteiger partial charge in [0, 0.05) is 49.1 Å². The Bertz CT molecular complexity index is 2960. The largest absolute Gasteiger partial charge is 0.309 e. The summed E-state index contributed by atoms with van der Waals surface area (Å²) in [5.41, 5.74) is 10.3. The van der Waals surface area contributed by atoms with Crippen molar-refractivity contribution < 1.29 is 8.42 Å². The molecule has 5 heteroatoms. The molecule has 0 aliphatic carbocycles. The lowest BCUT2D eigenvalue weighted by Gasteiger charge is -2.10. The van der Waals surface area contributed by atoms with Crippen molar-refractivity contribution in [3.8, 4) is 27.9 Å². The predicted molar refractivity (Wildman–Crippen MR) is 192 cm³/mol. The fourth-order valence-electron chi connectivity index (χ4n) is 8.19. The molecule has 0 unspecified atom stereocenters. The smallest absolute Gasteiger partial charge is 0.207 e. The van der Waals surface area contributed by atoms with E-state index in [2.05, 4.69) is 124 Å². The van der Waals surface area contributed by atoms with Gasteiger partial charge < -0.3 is 8.97 Å². The summed E-state index contributed by atoms with van der Waals surface area (Å²) in [6.07, 6.45) is 0. The van der Waals surface area contributed by atoms with E-state index in [1.165, 1.54) is 48.9 Å². The zero-order chi connectivity index (χ0) is 31.0. The molecule has 0 radical (unpaired) electrons. The number of hydrogen-bond donors (Lipinski definition) is 0. The van der Waals surface area contributed by atoms with Crippen LogP contribution in [0.25, 0.3) is 87.8 Å². The number of sulfone groups is 1. The van der Waals surface area contributed by atoms with Gasteiger partial charge in [0.25, 0.3) is 0 Å². The van der Waals surface area contributed by atoms with Crippen LogP contribution in [-0.4, -0.2) is 17.4 Å². The lowest BCUT2D eigenvalue weighted by molar-refractivity contribution is 0.598. The van der Waals surface area contributed by atoms with Crippen LogP contribution in [0.1, 0.15) is 0 Å². The van der Waals surface area contributed by atoms with Gasteiger partial charge in [-0.15, -0.1) is 0 Å². The lowest BCUT2D eigenvalue weighted by Crippen LogP contribution is -1.98. The Labute approximate surface area is 269 Å². The SMILES string of the molecule is O=S1(=O)c2ccc(-c3cc4c5ccccc5n5c6ccccc6c(c3)c45)cc2-c2cc(-n3c4ccccc4c4ccccc43)ccc21. The van der Waals surface area contributed by atoms with Crippen LogP contribution < -0.4 is 0 Å². The van der Waals surface area contributed by atoms with E-state index >= 15 is 0 Å². The highest BCUT2D eigenvalue weighted by atomic mass is 32.2. The average molecular weight is 621 g/mol. The van der Waals surface area contributed by atoms with E-state index in [1.54, 1.807) is 12.1 Å². The van der Waals surface area contributed by atoms with E-state index in [9.17, 15) is 8.42 Å². The zero-order valence-corrected chi connectivity index (χ0v) is 25.8. The molecule has 10 aromatic rings. The molecular formula is C42H24N2O2S. The maximum absolute atomic E-state index is 13.9. The van der Waals surface area contributed by atoms with Crippen molar-refractivity contribution in [2.24, 2.45) is 0 Å². The molecule has 0 saturated heterocycles. The van der Waals surface area contributed by atoms with E-state index in [-0.39, 0.29) is 0 Å². The van der Waals surface area contributed by atoms with Gasteiger partial charge in [0.2, 0.25) is 9.84 Å². The molecule has 1 aliphatic heterocycles. The quantitative estimate of drug-likeness (QED) is 0.193. The van der Waals surface area contributed by atoms with Gasteiger partial charge in [0.15, 0.2) is 0 Å². The van der Waals surface area contributed by atoms with Crippen LogP contribution in [-0.2, 0) is 9.84 Å². The molecule has 0 fully saturated rings. The van der Waals surface area contributed by atoms with Crippen molar-refractivity contribution >= 4 is 69.7 Å². The fourth-order valence-corrected chi connectivity index (χ4v) is 9.84. The van der Waals surface area contributed by atoms with Gasteiger partial charge in [0.05, 0.1) is 37.4 Å². The minimum absolute atomic E-state index is 0.361. The van der Waals surface area contributed by atoms with Gasteiger partial charge >= 0.3 is 0 Å². The highest BCUT2D eigenvalue weighted by molar-refractivity contribution is 7.92. The van der Waals surface area contributed by atoms with E-state index in [0.29, 0.717) is 9.79 Å². The molecule has 0 saturated carbocycles. The highest BCUT2D eigenvalue weighted by Crippen LogP contribution is 2.47. The molecule has 4 nitrogen and oxygen atoms in total. The summed E-state index contributed by atoms with van der Waals surface area (Å²) in [4.78, 5) is 0.725. The minimum Gasteiger partial charge on any atom is -0.309 e. The number of nitrogens with zero attached hydrogens (tertiary/aromatic N) is 2. The molecule has 1 aliphatic rings. The number of aromatic nitrogens is 2. The van der Waals surface area contributed by atoms with Crippen molar-refractivity contribution in [2.75, 3.05) is 0 Å². The van der Waals surface area contributed by atoms with Crippen LogP contribution in [0, 0.1) is 0 Å². The van der Waals surface area contributed by atoms with Crippen molar-refractivity contribution in [1.29, 1.82) is 0 Å². The van der Waals surface area contributed by atoms with E-state index < -0.39 is 9.84 Å². The molecule has 0 N–H and O–H groups in total. The van der Waals surface area contributed by atoms with Crippen molar-refractivity contribution in [1.82, 2.24) is 8.97 Å². The van der Waals surface area contributed by atoms with Crippen LogP contribution in [0.3, 0.4) is 0 Å². The van der Waals surface area contributed by atoms with Crippen LogP contribution in [0.15, 0.2) is 155 Å². The van der Waals surface area contributed by atoms with E-state index in [4.69, 9.17) is 0 Å². The molecule has 0 bridgehead atoms. The Kier molecular flexibility index (Phi) is 4.66. The van der Waals surface area contributed by atoms with Crippen molar-refractivity contribution in [2.45, 2.75) is 9.79 Å². The van der Waals surface area contributed by atoms with Crippen LogP contribution in [0.2, 0.25) is 0 Å². The number of para-hydroxylation sites is 4. The Balaban J connectivity index is 1.16. The molecule has 7 aromatic carbocycles. The molecule has 0 spiro atoms. The first kappa shape index (κ1) is 25.3. The van der Waals surface area contributed by atoms with E-state index in [1.807, 2.05) is 18.2 Å². The predicted octanol–water partition coefficient (Wildman–Crippen LogP) is 10.4. The second kappa shape index (κ2) is 8.66. The summed E-state index contributed by atoms with van der Waals surface area (Å²) >= 11 is 0. The first-order valence-electron chi connectivity index (χ1n) is 15.8. The molecule has 0 atom stereocenters. The van der Waals surface area contributed by atoms with Crippen molar-refractivity contribution in [3.05, 3.63) is 146 Å². The number of benzene rings is 7. The molecule has 3 aromatic heterocycles. The third-order valence-electron chi connectivity index (χ3n) is 10.2. The number of fused-ring (bicyclic) bond motifs is 12. The molecular weight excluding hydrogens is 597 g/mol. The maximum atomic E-state index is 13.9. The number of rotatable bonds is 2. The fraction of sp³-hybridized carbons (Fsp3) is 0. The molecule has 11 rings (SSSR count). The molecule has 4 heterocycles. The Morgan fingerprint density at radius 2 is 0.872 bits per heavy atom. The highest BCUT2D eigenvalue weighted by Gasteiger charge is 2.34. The van der Waals surface area contributed by atoms with E-state index in [0.717, 1.165) is 39.0 Å². The van der Waals surface area contributed by atoms with Gasteiger partial charge in [-0.1, -0.05) is 78.9 Å². The van der Waals surface area contributed by atoms with Gasteiger partial charge in [0.1, 0.15) is 0 Å². The third-order valence-corrected chi connectivity index (χ3v) is 12.1. The normalized spacial score (nSPS) is 13.9. The Morgan fingerprint density at radius 1 is 0.404 bits per heavy atom. The summed E-state index contributed by atoms with van der Waals surface area (Å²) in [7, 11) is -3.65. The van der Waals surface area contributed by atoms with Gasteiger partial charge in [-0.25, -0.2) is 8.42 Å². The monoisotopic (exact) mass is 620 g/mol. The second-order valence-electron chi connectivity index (χ2n) is 12.6. The summed E-state index contributed by atoms with van der Waals surface area (Å²) < 4.78 is 32.3. The van der Waals surface area contributed by atoms with Gasteiger partial charge in [-0.2, -0.15) is 0 Å². The van der Waals surface area contributed by atoms with Crippen LogP contribution in [0.4, 0.5) is 0 Å². The standard InChI is InChI=1S/C42H24N2O2S/c45-47(46)40-19-17-25(26-22-34-30-11-3-7-15-38(30)44-39-16-8-4-12-31(39)35(23-26)42(34)44)21-32(40)33-24-27(18-20-41(33)47)43-36-13-5-1-9-28(36)29-10-2-6-14-37(29)43/h1-24H. The van der Waals surface area contributed by atoms with Crippen LogP contribution in [0.5, 0.6) is 0 Å². The van der Waals surface area contributed by atoms with Crippen molar-refractivity contribution in [3.63, 3.8) is 0 Å². The molecule has 0 amide bonds. The Morgan fingerprint density at radius 3 is 1.45 bits per heavy atom. The summed E-state index contributed by atoms with van der Waals surface area (Å²) in [5, 5.41) is 7.17. The zero-order valence-electron chi connectivity index (χ0n) is 25.0. The molecule has 220 valence electrons. The first-order valence-corrected chi connectivity index (χ1v) is 17.3. The average Bonchev–Trinajstić information content (AvgIpc) is 3.81. The summed E-state index contributed by atoms with van der Waals surface area (Å²) in [5.74, 6) is 0. The second-order valence-corrected chi connectivity index (χ2v) is 14.4. The number of hydrogen-bond acceptors (Lipinski definition) is 2. The minimum atomic E-state index is -3.65. The lowest BCUT2D eigenvalue weighted by atomic mass is 9.96. The summed E-state index contributed by atoms with van der Waals surface area (Å²) in [6, 6.07) is 50.0. The summed E-state index contributed by atoms with van der Waals surface area (Å²) in [6.45, 7) is 0.